The largest absolute Gasteiger partial charge is 0.333 e. The van der Waals surface area contributed by atoms with E-state index in [0.717, 1.165) is 19.4 Å². The van der Waals surface area contributed by atoms with Crippen molar-refractivity contribution < 1.29 is 4.79 Å². The first-order valence-corrected chi connectivity index (χ1v) is 10.5. The Balaban J connectivity index is 5.25. The number of nitrogens with zero attached hydrogens (tertiary/aromatic N) is 2. The summed E-state index contributed by atoms with van der Waals surface area (Å²) < 4.78 is 0. The average Bonchev–Trinajstić information content (AvgIpc) is 2.38. The second-order valence-corrected chi connectivity index (χ2v) is 11.4. The lowest BCUT2D eigenvalue weighted by atomic mass is 9.81. The zero-order valence-electron chi connectivity index (χ0n) is 20.2. The number of carbonyl (C=O) groups excluding carboxylic acids is 1. The molecule has 1 unspecified atom stereocenters. The molecule has 0 fully saturated rings. The number of hydrogen-bond donors (Lipinski definition) is 0. The van der Waals surface area contributed by atoms with Gasteiger partial charge in [0, 0.05) is 35.1 Å². The van der Waals surface area contributed by atoms with E-state index in [4.69, 9.17) is 0 Å². The predicted octanol–water partition coefficient (Wildman–Crippen LogP) is 5.97. The third-order valence-corrected chi connectivity index (χ3v) is 5.12. The minimum atomic E-state index is -0.352. The van der Waals surface area contributed by atoms with Crippen LogP contribution in [0.1, 0.15) is 103 Å². The van der Waals surface area contributed by atoms with E-state index in [2.05, 4.69) is 99.8 Å². The SMILES string of the molecule is CC(C)CN(C(C)C)C(C)CCC(C)(C)C(=O)N(C(C)(C)C)C(C)(C)C. The highest BCUT2D eigenvalue weighted by atomic mass is 16.2. The predicted molar refractivity (Wildman–Crippen MR) is 116 cm³/mol. The average molecular weight is 369 g/mol. The second-order valence-electron chi connectivity index (χ2n) is 11.4. The fourth-order valence-corrected chi connectivity index (χ4v) is 4.08. The Morgan fingerprint density at radius 1 is 0.808 bits per heavy atom. The summed E-state index contributed by atoms with van der Waals surface area (Å²) in [5.74, 6) is 0.927. The van der Waals surface area contributed by atoms with Crippen LogP contribution >= 0.6 is 0 Å². The topological polar surface area (TPSA) is 23.6 Å². The molecule has 0 N–H and O–H groups in total. The van der Waals surface area contributed by atoms with E-state index in [1.807, 2.05) is 0 Å². The van der Waals surface area contributed by atoms with Gasteiger partial charge in [-0.25, -0.2) is 0 Å². The van der Waals surface area contributed by atoms with Crippen LogP contribution in [-0.2, 0) is 4.79 Å². The fraction of sp³-hybridized carbons (Fsp3) is 0.957. The molecule has 0 aliphatic carbocycles. The molecule has 0 aliphatic rings. The van der Waals surface area contributed by atoms with Crippen molar-refractivity contribution in [2.45, 2.75) is 126 Å². The summed E-state index contributed by atoms with van der Waals surface area (Å²) in [6.07, 6.45) is 1.96. The molecule has 0 saturated carbocycles. The summed E-state index contributed by atoms with van der Waals surface area (Å²) in [6, 6.07) is 1.02. The molecular formula is C23H48N2O. The molecule has 3 heteroatoms. The maximum Gasteiger partial charge on any atom is 0.229 e. The molecule has 1 atom stereocenters. The molecule has 0 aliphatic heterocycles. The zero-order chi connectivity index (χ0) is 21.1. The van der Waals surface area contributed by atoms with Crippen molar-refractivity contribution in [1.82, 2.24) is 9.80 Å². The van der Waals surface area contributed by atoms with Gasteiger partial charge in [0.05, 0.1) is 0 Å². The maximum atomic E-state index is 13.5. The van der Waals surface area contributed by atoms with Gasteiger partial charge in [0.15, 0.2) is 0 Å². The quantitative estimate of drug-likeness (QED) is 0.526. The van der Waals surface area contributed by atoms with Gasteiger partial charge in [-0.05, 0) is 81.1 Å². The van der Waals surface area contributed by atoms with Crippen molar-refractivity contribution >= 4 is 5.91 Å². The minimum absolute atomic E-state index is 0.181. The number of amides is 1. The molecule has 0 bridgehead atoms. The first-order valence-electron chi connectivity index (χ1n) is 10.5. The van der Waals surface area contributed by atoms with Gasteiger partial charge in [-0.2, -0.15) is 0 Å². The summed E-state index contributed by atoms with van der Waals surface area (Å²) >= 11 is 0. The van der Waals surface area contributed by atoms with E-state index in [-0.39, 0.29) is 22.4 Å². The Kier molecular flexibility index (Phi) is 8.88. The molecule has 156 valence electrons. The molecule has 0 aromatic carbocycles. The van der Waals surface area contributed by atoms with Crippen molar-refractivity contribution in [2.24, 2.45) is 11.3 Å². The molecule has 0 radical (unpaired) electrons. The van der Waals surface area contributed by atoms with E-state index in [0.29, 0.717) is 18.0 Å². The molecule has 0 aromatic rings. The maximum absolute atomic E-state index is 13.5. The molecule has 0 rings (SSSR count). The first kappa shape index (κ1) is 25.4. The van der Waals surface area contributed by atoms with Crippen molar-refractivity contribution in [3.05, 3.63) is 0 Å². The van der Waals surface area contributed by atoms with Crippen LogP contribution in [0.3, 0.4) is 0 Å². The van der Waals surface area contributed by atoms with Gasteiger partial charge in [0.2, 0.25) is 5.91 Å². The highest BCUT2D eigenvalue weighted by Crippen LogP contribution is 2.34. The first-order chi connectivity index (χ1) is 11.4. The molecular weight excluding hydrogens is 320 g/mol. The normalized spacial score (nSPS) is 15.1. The van der Waals surface area contributed by atoms with Crippen molar-refractivity contribution in [3.63, 3.8) is 0 Å². The van der Waals surface area contributed by atoms with Crippen LogP contribution in [0.15, 0.2) is 0 Å². The van der Waals surface area contributed by atoms with E-state index in [9.17, 15) is 4.79 Å². The Bertz CT molecular complexity index is 424. The van der Waals surface area contributed by atoms with E-state index >= 15 is 0 Å². The number of hydrogen-bond acceptors (Lipinski definition) is 2. The van der Waals surface area contributed by atoms with Gasteiger partial charge in [-0.3, -0.25) is 9.69 Å². The Hall–Kier alpha value is -0.570. The smallest absolute Gasteiger partial charge is 0.229 e. The van der Waals surface area contributed by atoms with Gasteiger partial charge in [0.1, 0.15) is 0 Å². The van der Waals surface area contributed by atoms with Crippen LogP contribution in [0.4, 0.5) is 0 Å². The monoisotopic (exact) mass is 368 g/mol. The van der Waals surface area contributed by atoms with Crippen LogP contribution in [0.2, 0.25) is 0 Å². The Labute approximate surface area is 164 Å². The summed E-state index contributed by atoms with van der Waals surface area (Å²) in [4.78, 5) is 18.1. The summed E-state index contributed by atoms with van der Waals surface area (Å²) in [7, 11) is 0. The van der Waals surface area contributed by atoms with Crippen molar-refractivity contribution in [3.8, 4) is 0 Å². The summed E-state index contributed by atoms with van der Waals surface area (Å²) in [6.45, 7) is 29.6. The molecule has 0 aromatic heterocycles. The van der Waals surface area contributed by atoms with Crippen LogP contribution in [0.25, 0.3) is 0 Å². The molecule has 0 heterocycles. The lowest BCUT2D eigenvalue weighted by Gasteiger charge is -2.49. The lowest BCUT2D eigenvalue weighted by Crippen LogP contribution is -2.59. The highest BCUT2D eigenvalue weighted by molar-refractivity contribution is 5.83. The van der Waals surface area contributed by atoms with Crippen LogP contribution < -0.4 is 0 Å². The van der Waals surface area contributed by atoms with Crippen molar-refractivity contribution in [1.29, 1.82) is 0 Å². The lowest BCUT2D eigenvalue weighted by molar-refractivity contribution is -0.153. The third kappa shape index (κ3) is 7.58. The Morgan fingerprint density at radius 2 is 1.23 bits per heavy atom. The van der Waals surface area contributed by atoms with Crippen LogP contribution in [0.5, 0.6) is 0 Å². The number of carbonyl (C=O) groups is 1. The zero-order valence-corrected chi connectivity index (χ0v) is 20.2. The van der Waals surface area contributed by atoms with E-state index < -0.39 is 0 Å². The Morgan fingerprint density at radius 3 is 1.54 bits per heavy atom. The van der Waals surface area contributed by atoms with E-state index in [1.165, 1.54) is 0 Å². The van der Waals surface area contributed by atoms with Gasteiger partial charge in [-0.1, -0.05) is 27.7 Å². The third-order valence-electron chi connectivity index (χ3n) is 5.12. The van der Waals surface area contributed by atoms with Gasteiger partial charge in [0.25, 0.3) is 0 Å². The molecule has 1 amide bonds. The standard InChI is InChI=1S/C23H48N2O/c1-17(2)16-24(18(3)4)19(5)14-15-23(12,13)20(26)25(21(6,7)8)22(9,10)11/h17-19H,14-16H2,1-13H3. The second kappa shape index (κ2) is 9.08. The van der Waals surface area contributed by atoms with Gasteiger partial charge >= 0.3 is 0 Å². The van der Waals surface area contributed by atoms with E-state index in [1.54, 1.807) is 0 Å². The summed E-state index contributed by atoms with van der Waals surface area (Å²) in [5.41, 5.74) is -0.713. The fourth-order valence-electron chi connectivity index (χ4n) is 4.08. The van der Waals surface area contributed by atoms with Crippen LogP contribution in [0, 0.1) is 11.3 Å². The molecule has 0 saturated heterocycles. The minimum Gasteiger partial charge on any atom is -0.333 e. The van der Waals surface area contributed by atoms with Gasteiger partial charge < -0.3 is 4.90 Å². The van der Waals surface area contributed by atoms with Gasteiger partial charge in [-0.15, -0.1) is 0 Å². The molecule has 0 spiro atoms. The molecule has 26 heavy (non-hydrogen) atoms. The molecule has 3 nitrogen and oxygen atoms in total. The highest BCUT2D eigenvalue weighted by Gasteiger charge is 2.42. The van der Waals surface area contributed by atoms with Crippen LogP contribution in [-0.4, -0.2) is 45.4 Å². The number of rotatable bonds is 8. The van der Waals surface area contributed by atoms with Crippen molar-refractivity contribution in [2.75, 3.05) is 6.54 Å². The summed E-state index contributed by atoms with van der Waals surface area (Å²) in [5, 5.41) is 0.